The van der Waals surface area contributed by atoms with E-state index in [9.17, 15) is 0 Å². The number of aromatic nitrogens is 1. The first kappa shape index (κ1) is 23.2. The fraction of sp³-hybridized carbons (Fsp3) is 0.0732. The Morgan fingerprint density at radius 3 is 1.79 bits per heavy atom. The number of hydrogen-bond acceptors (Lipinski definition) is 1. The van der Waals surface area contributed by atoms with Crippen LogP contribution in [0, 0.1) is 0 Å². The molecule has 0 unspecified atom stereocenters. The van der Waals surface area contributed by atoms with Gasteiger partial charge in [-0.05, 0) is 75.5 Å². The van der Waals surface area contributed by atoms with Crippen molar-refractivity contribution in [2.75, 3.05) is 0 Å². The lowest BCUT2D eigenvalue weighted by atomic mass is 9.82. The van der Waals surface area contributed by atoms with Crippen molar-refractivity contribution in [1.29, 1.82) is 0 Å². The Morgan fingerprint density at radius 1 is 0.465 bits per heavy atom. The van der Waals surface area contributed by atoms with Crippen molar-refractivity contribution in [2.45, 2.75) is 19.3 Å². The summed E-state index contributed by atoms with van der Waals surface area (Å²) in [5.74, 6) is 0. The number of para-hydroxylation sites is 2. The molecule has 0 bridgehead atoms. The van der Waals surface area contributed by atoms with Crippen LogP contribution < -0.4 is 0 Å². The molecule has 0 atom stereocenters. The first-order chi connectivity index (χ1) is 21.1. The molecule has 0 spiro atoms. The Morgan fingerprint density at radius 2 is 1.05 bits per heavy atom. The van der Waals surface area contributed by atoms with Crippen LogP contribution in [0.25, 0.3) is 82.1 Å². The SMILES string of the molecule is CC1(C)c2cc3oc4ccccc4c3cc2-c2cc3c4ccccc4n(-c4c5ccccc5cc5ccccc45)c3cc21. The van der Waals surface area contributed by atoms with Gasteiger partial charge in [-0.1, -0.05) is 98.8 Å². The standard InChI is InChI=1S/C41H27NO/c1-41(2)34-22-37-32(20-30(34)31-21-33-29-16-8-10-18-38(29)43-39(33)23-35(31)41)28-15-7-9-17-36(28)42(37)40-26-13-5-3-11-24(26)19-25-12-4-6-14-27(25)40/h3-23H,1-2H3. The average molecular weight is 550 g/mol. The summed E-state index contributed by atoms with van der Waals surface area (Å²) in [4.78, 5) is 0. The lowest BCUT2D eigenvalue weighted by Gasteiger charge is -2.22. The van der Waals surface area contributed by atoms with E-state index in [1.165, 1.54) is 82.1 Å². The zero-order chi connectivity index (χ0) is 28.4. The normalized spacial score (nSPS) is 14.0. The average Bonchev–Trinajstić information content (AvgIpc) is 3.63. The molecule has 9 aromatic rings. The van der Waals surface area contributed by atoms with Crippen LogP contribution >= 0.6 is 0 Å². The molecule has 0 saturated heterocycles. The van der Waals surface area contributed by atoms with Crippen molar-refractivity contribution < 1.29 is 4.42 Å². The molecular formula is C41H27NO. The maximum Gasteiger partial charge on any atom is 0.135 e. The number of rotatable bonds is 1. The van der Waals surface area contributed by atoms with Gasteiger partial charge in [0.15, 0.2) is 0 Å². The van der Waals surface area contributed by atoms with Gasteiger partial charge in [-0.3, -0.25) is 0 Å². The molecule has 2 aromatic heterocycles. The number of nitrogens with zero attached hydrogens (tertiary/aromatic N) is 1. The second kappa shape index (κ2) is 7.93. The second-order valence-corrected chi connectivity index (χ2v) is 12.6. The van der Waals surface area contributed by atoms with E-state index in [2.05, 4.69) is 140 Å². The van der Waals surface area contributed by atoms with Crippen LogP contribution in [-0.2, 0) is 5.41 Å². The summed E-state index contributed by atoms with van der Waals surface area (Å²) < 4.78 is 8.87. The molecule has 0 saturated carbocycles. The van der Waals surface area contributed by atoms with E-state index in [1.54, 1.807) is 0 Å². The largest absolute Gasteiger partial charge is 0.456 e. The van der Waals surface area contributed by atoms with Crippen molar-refractivity contribution in [3.63, 3.8) is 0 Å². The molecule has 43 heavy (non-hydrogen) atoms. The van der Waals surface area contributed by atoms with Crippen molar-refractivity contribution in [3.8, 4) is 16.8 Å². The molecule has 202 valence electrons. The fourth-order valence-corrected chi connectivity index (χ4v) is 7.88. The van der Waals surface area contributed by atoms with Crippen molar-refractivity contribution >= 4 is 65.3 Å². The second-order valence-electron chi connectivity index (χ2n) is 12.6. The summed E-state index contributed by atoms with van der Waals surface area (Å²) in [5.41, 5.74) is 10.8. The Bertz CT molecular complexity index is 2590. The molecule has 7 aromatic carbocycles. The lowest BCUT2D eigenvalue weighted by molar-refractivity contribution is 0.647. The quantitative estimate of drug-likeness (QED) is 0.186. The predicted octanol–water partition coefficient (Wildman–Crippen LogP) is 11.3. The lowest BCUT2D eigenvalue weighted by Crippen LogP contribution is -2.15. The van der Waals surface area contributed by atoms with Crippen LogP contribution in [0.15, 0.2) is 132 Å². The smallest absolute Gasteiger partial charge is 0.135 e. The van der Waals surface area contributed by atoms with E-state index in [4.69, 9.17) is 4.42 Å². The van der Waals surface area contributed by atoms with Crippen LogP contribution in [0.2, 0.25) is 0 Å². The predicted molar refractivity (Wildman–Crippen MR) is 181 cm³/mol. The monoisotopic (exact) mass is 549 g/mol. The van der Waals surface area contributed by atoms with E-state index in [-0.39, 0.29) is 5.41 Å². The third-order valence-corrected chi connectivity index (χ3v) is 9.93. The molecule has 1 aliphatic rings. The highest BCUT2D eigenvalue weighted by Crippen LogP contribution is 2.53. The highest BCUT2D eigenvalue weighted by molar-refractivity contribution is 6.16. The zero-order valence-electron chi connectivity index (χ0n) is 24.0. The molecule has 0 aliphatic heterocycles. The topological polar surface area (TPSA) is 18.1 Å². The van der Waals surface area contributed by atoms with Gasteiger partial charge in [0.1, 0.15) is 11.2 Å². The highest BCUT2D eigenvalue weighted by Gasteiger charge is 2.37. The minimum atomic E-state index is -0.172. The van der Waals surface area contributed by atoms with E-state index >= 15 is 0 Å². The molecule has 0 amide bonds. The molecule has 1 aliphatic carbocycles. The van der Waals surface area contributed by atoms with Gasteiger partial charge in [-0.15, -0.1) is 0 Å². The van der Waals surface area contributed by atoms with Gasteiger partial charge in [-0.25, -0.2) is 0 Å². The van der Waals surface area contributed by atoms with Crippen LogP contribution in [0.3, 0.4) is 0 Å². The summed E-state index contributed by atoms with van der Waals surface area (Å²) in [6.07, 6.45) is 0. The molecular weight excluding hydrogens is 522 g/mol. The number of furan rings is 1. The maximum atomic E-state index is 6.34. The number of fused-ring (bicyclic) bond motifs is 11. The summed E-state index contributed by atoms with van der Waals surface area (Å²) in [7, 11) is 0. The van der Waals surface area contributed by atoms with Crippen LogP contribution in [-0.4, -0.2) is 4.57 Å². The third kappa shape index (κ3) is 2.93. The molecule has 2 heterocycles. The first-order valence-corrected chi connectivity index (χ1v) is 15.0. The maximum absolute atomic E-state index is 6.34. The molecule has 10 rings (SSSR count). The van der Waals surface area contributed by atoms with Crippen molar-refractivity contribution in [1.82, 2.24) is 4.57 Å². The summed E-state index contributed by atoms with van der Waals surface area (Å²) >= 11 is 0. The summed E-state index contributed by atoms with van der Waals surface area (Å²) in [6.45, 7) is 4.72. The minimum Gasteiger partial charge on any atom is -0.456 e. The minimum absolute atomic E-state index is 0.172. The van der Waals surface area contributed by atoms with E-state index in [0.717, 1.165) is 11.2 Å². The van der Waals surface area contributed by atoms with E-state index in [1.807, 2.05) is 6.07 Å². The van der Waals surface area contributed by atoms with Gasteiger partial charge >= 0.3 is 0 Å². The van der Waals surface area contributed by atoms with Crippen LogP contribution in [0.5, 0.6) is 0 Å². The number of hydrogen-bond donors (Lipinski definition) is 0. The van der Waals surface area contributed by atoms with Crippen LogP contribution in [0.4, 0.5) is 0 Å². The molecule has 0 N–H and O–H groups in total. The van der Waals surface area contributed by atoms with Gasteiger partial charge in [-0.2, -0.15) is 0 Å². The van der Waals surface area contributed by atoms with Gasteiger partial charge in [0.25, 0.3) is 0 Å². The number of benzene rings is 7. The van der Waals surface area contributed by atoms with E-state index in [0.29, 0.717) is 0 Å². The van der Waals surface area contributed by atoms with Crippen LogP contribution in [0.1, 0.15) is 25.0 Å². The van der Waals surface area contributed by atoms with Gasteiger partial charge in [0.05, 0.1) is 16.7 Å². The highest BCUT2D eigenvalue weighted by atomic mass is 16.3. The zero-order valence-corrected chi connectivity index (χ0v) is 24.0. The molecule has 0 radical (unpaired) electrons. The van der Waals surface area contributed by atoms with Gasteiger partial charge < -0.3 is 8.98 Å². The van der Waals surface area contributed by atoms with Gasteiger partial charge in [0, 0.05) is 37.7 Å². The first-order valence-electron chi connectivity index (χ1n) is 15.0. The Kier molecular flexibility index (Phi) is 4.29. The summed E-state index contributed by atoms with van der Waals surface area (Å²) in [5, 5.41) is 9.95. The molecule has 2 heteroatoms. The molecule has 2 nitrogen and oxygen atoms in total. The Hall–Kier alpha value is -5.34. The van der Waals surface area contributed by atoms with Gasteiger partial charge in [0.2, 0.25) is 0 Å². The van der Waals surface area contributed by atoms with Crippen molar-refractivity contribution in [3.05, 3.63) is 139 Å². The summed E-state index contributed by atoms with van der Waals surface area (Å²) in [6, 6.07) is 46.8. The Labute approximate surface area is 248 Å². The molecule has 0 fully saturated rings. The third-order valence-electron chi connectivity index (χ3n) is 9.93. The Balaban J connectivity index is 1.35. The van der Waals surface area contributed by atoms with Crippen molar-refractivity contribution in [2.24, 2.45) is 0 Å². The van der Waals surface area contributed by atoms with E-state index < -0.39 is 0 Å². The fourth-order valence-electron chi connectivity index (χ4n) is 7.88.